The van der Waals surface area contributed by atoms with Gasteiger partial charge in [-0.25, -0.2) is 15.0 Å². The van der Waals surface area contributed by atoms with Crippen LogP contribution < -0.4 is 0 Å². The Morgan fingerprint density at radius 1 is 0.474 bits per heavy atom. The molecule has 0 amide bonds. The van der Waals surface area contributed by atoms with E-state index in [1.54, 1.807) is 0 Å². The Labute approximate surface area is 326 Å². The Hall–Kier alpha value is -7.57. The second-order valence-electron chi connectivity index (χ2n) is 14.7. The zero-order valence-corrected chi connectivity index (χ0v) is 30.6. The summed E-state index contributed by atoms with van der Waals surface area (Å²) in [4.78, 5) is 15.0. The first-order chi connectivity index (χ1) is 28.2. The summed E-state index contributed by atoms with van der Waals surface area (Å²) in [5.74, 6) is 2.17. The quantitative estimate of drug-likeness (QED) is 0.176. The fourth-order valence-electron chi connectivity index (χ4n) is 8.65. The average Bonchev–Trinajstić information content (AvgIpc) is 3.96. The molecule has 6 nitrogen and oxygen atoms in total. The number of fused-ring (bicyclic) bond motifs is 9. The molecule has 1 atom stereocenters. The molecule has 0 saturated carbocycles. The van der Waals surface area contributed by atoms with Crippen molar-refractivity contribution in [2.24, 2.45) is 0 Å². The van der Waals surface area contributed by atoms with Gasteiger partial charge in [0.05, 0.1) is 16.7 Å². The summed E-state index contributed by atoms with van der Waals surface area (Å²) in [6.45, 7) is 0. The summed E-state index contributed by atoms with van der Waals surface area (Å²) in [6, 6.07) is 52.8. The van der Waals surface area contributed by atoms with Gasteiger partial charge in [-0.2, -0.15) is 0 Å². The smallest absolute Gasteiger partial charge is 0.163 e. The van der Waals surface area contributed by atoms with E-state index < -0.39 is 0 Å². The number of para-hydroxylation sites is 4. The minimum atomic E-state index is 0.0881. The van der Waals surface area contributed by atoms with Crippen LogP contribution in [0.1, 0.15) is 18.2 Å². The predicted molar refractivity (Wildman–Crippen MR) is 231 cm³/mol. The molecule has 1 unspecified atom stereocenters. The molecule has 0 fully saturated rings. The van der Waals surface area contributed by atoms with Crippen LogP contribution in [0.15, 0.2) is 185 Å². The molecule has 12 rings (SSSR count). The lowest BCUT2D eigenvalue weighted by Crippen LogP contribution is -2.07. The first-order valence-corrected chi connectivity index (χ1v) is 19.3. The van der Waals surface area contributed by atoms with Crippen LogP contribution in [-0.2, 0) is 0 Å². The fraction of sp³-hybridized carbons (Fsp3) is 0.0392. The molecule has 1 aliphatic rings. The number of rotatable bonds is 5. The van der Waals surface area contributed by atoms with E-state index >= 15 is 0 Å². The van der Waals surface area contributed by atoms with Gasteiger partial charge in [0.2, 0.25) is 0 Å². The van der Waals surface area contributed by atoms with Crippen LogP contribution in [0, 0.1) is 0 Å². The number of furan rings is 2. The van der Waals surface area contributed by atoms with Crippen molar-refractivity contribution < 1.29 is 8.83 Å². The first-order valence-electron chi connectivity index (χ1n) is 19.3. The van der Waals surface area contributed by atoms with Crippen LogP contribution in [0.5, 0.6) is 0 Å². The van der Waals surface area contributed by atoms with Gasteiger partial charge in [0, 0.05) is 54.9 Å². The van der Waals surface area contributed by atoms with Crippen molar-refractivity contribution in [1.29, 1.82) is 0 Å². The number of nitrogens with zero attached hydrogens (tertiary/aromatic N) is 4. The molecule has 0 saturated heterocycles. The lowest BCUT2D eigenvalue weighted by molar-refractivity contribution is 0.666. The van der Waals surface area contributed by atoms with E-state index in [4.69, 9.17) is 23.8 Å². The van der Waals surface area contributed by atoms with Crippen molar-refractivity contribution >= 4 is 65.7 Å². The number of aromatic nitrogens is 4. The van der Waals surface area contributed by atoms with Crippen LogP contribution in [-0.4, -0.2) is 19.5 Å². The van der Waals surface area contributed by atoms with E-state index in [2.05, 4.69) is 138 Å². The number of benzene rings is 7. The maximum atomic E-state index is 6.70. The number of hydrogen-bond acceptors (Lipinski definition) is 5. The zero-order valence-electron chi connectivity index (χ0n) is 30.6. The van der Waals surface area contributed by atoms with Gasteiger partial charge in [-0.3, -0.25) is 0 Å². The third-order valence-electron chi connectivity index (χ3n) is 11.4. The highest BCUT2D eigenvalue weighted by atomic mass is 16.3. The minimum absolute atomic E-state index is 0.0881. The molecule has 57 heavy (non-hydrogen) atoms. The maximum absolute atomic E-state index is 6.70. The Kier molecular flexibility index (Phi) is 6.95. The van der Waals surface area contributed by atoms with Crippen LogP contribution in [0.3, 0.4) is 0 Å². The highest BCUT2D eigenvalue weighted by Gasteiger charge is 2.21. The van der Waals surface area contributed by atoms with E-state index in [-0.39, 0.29) is 5.92 Å². The molecule has 11 aromatic rings. The lowest BCUT2D eigenvalue weighted by Gasteiger charge is -2.14. The van der Waals surface area contributed by atoms with E-state index in [9.17, 15) is 0 Å². The molecular weight excluding hydrogens is 701 g/mol. The van der Waals surface area contributed by atoms with Crippen molar-refractivity contribution in [1.82, 2.24) is 19.5 Å². The lowest BCUT2D eigenvalue weighted by atomic mass is 9.99. The minimum Gasteiger partial charge on any atom is -0.455 e. The zero-order chi connectivity index (χ0) is 37.5. The predicted octanol–water partition coefficient (Wildman–Crippen LogP) is 13.4. The van der Waals surface area contributed by atoms with E-state index in [1.165, 1.54) is 10.8 Å². The summed E-state index contributed by atoms with van der Waals surface area (Å²) >= 11 is 0. The summed E-state index contributed by atoms with van der Waals surface area (Å²) in [7, 11) is 0. The standard InChI is InChI=1S/C51H32N4O2/c1-3-13-31(14-4-1)49-52-50(32-15-5-2-6-16-32)54-51(53-49)34-26-28-45-41(30-34)38-20-11-19-35(47(38)56-45)33-25-27-46-40(29-33)39-21-12-24-44(48(39)57-46)55-42-22-9-7-17-36(42)37-18-8-10-23-43(37)55/h1-15,17-30,32H,16H2. The largest absolute Gasteiger partial charge is 0.455 e. The molecule has 268 valence electrons. The van der Waals surface area contributed by atoms with Crippen molar-refractivity contribution in [2.45, 2.75) is 12.3 Å². The highest BCUT2D eigenvalue weighted by Crippen LogP contribution is 2.42. The third kappa shape index (κ3) is 5.00. The summed E-state index contributed by atoms with van der Waals surface area (Å²) in [5, 5.41) is 6.62. The fourth-order valence-corrected chi connectivity index (χ4v) is 8.65. The third-order valence-corrected chi connectivity index (χ3v) is 11.4. The molecule has 4 heterocycles. The van der Waals surface area contributed by atoms with E-state index in [0.29, 0.717) is 11.6 Å². The van der Waals surface area contributed by atoms with Gasteiger partial charge < -0.3 is 13.4 Å². The molecule has 4 aromatic heterocycles. The van der Waals surface area contributed by atoms with Crippen molar-refractivity contribution in [3.05, 3.63) is 182 Å². The monoisotopic (exact) mass is 732 g/mol. The van der Waals surface area contributed by atoms with Gasteiger partial charge >= 0.3 is 0 Å². The Bertz CT molecular complexity index is 3400. The van der Waals surface area contributed by atoms with Gasteiger partial charge in [-0.05, 0) is 60.5 Å². The molecule has 6 heteroatoms. The molecular formula is C51H32N4O2. The van der Waals surface area contributed by atoms with Crippen molar-refractivity contribution in [2.75, 3.05) is 0 Å². The Morgan fingerprint density at radius 3 is 1.82 bits per heavy atom. The van der Waals surface area contributed by atoms with Gasteiger partial charge in [0.15, 0.2) is 17.2 Å². The average molecular weight is 733 g/mol. The molecule has 7 aromatic carbocycles. The molecule has 0 N–H and O–H groups in total. The van der Waals surface area contributed by atoms with Gasteiger partial charge in [0.25, 0.3) is 0 Å². The van der Waals surface area contributed by atoms with Gasteiger partial charge in [-0.1, -0.05) is 127 Å². The Morgan fingerprint density at radius 2 is 1.09 bits per heavy atom. The van der Waals surface area contributed by atoms with Gasteiger partial charge in [0.1, 0.15) is 22.6 Å². The first kappa shape index (κ1) is 31.7. The van der Waals surface area contributed by atoms with Crippen LogP contribution in [0.25, 0.3) is 105 Å². The van der Waals surface area contributed by atoms with E-state index in [0.717, 1.165) is 95.1 Å². The van der Waals surface area contributed by atoms with Crippen molar-refractivity contribution in [3.8, 4) is 39.6 Å². The topological polar surface area (TPSA) is 69.9 Å². The summed E-state index contributed by atoms with van der Waals surface area (Å²) < 4.78 is 15.7. The number of allylic oxidation sites excluding steroid dienone is 4. The second kappa shape index (κ2) is 12.5. The van der Waals surface area contributed by atoms with Crippen LogP contribution in [0.4, 0.5) is 0 Å². The van der Waals surface area contributed by atoms with Crippen molar-refractivity contribution in [3.63, 3.8) is 0 Å². The maximum Gasteiger partial charge on any atom is 0.163 e. The van der Waals surface area contributed by atoms with E-state index in [1.807, 2.05) is 42.5 Å². The highest BCUT2D eigenvalue weighted by molar-refractivity contribution is 6.14. The Balaban J connectivity index is 0.983. The van der Waals surface area contributed by atoms with Gasteiger partial charge in [-0.15, -0.1) is 0 Å². The molecule has 0 radical (unpaired) electrons. The second-order valence-corrected chi connectivity index (χ2v) is 14.7. The summed E-state index contributed by atoms with van der Waals surface area (Å²) in [6.07, 6.45) is 9.32. The number of hydrogen-bond donors (Lipinski definition) is 0. The molecule has 0 aliphatic heterocycles. The van der Waals surface area contributed by atoms with Crippen LogP contribution >= 0.6 is 0 Å². The SMILES string of the molecule is C1=CCC(c2nc(-c3ccccc3)nc(-c3ccc4oc5c(-c6ccc7oc8c(-n9c%10ccccc%10c%10ccccc%109)cccc8c7c6)cccc5c4c3)n2)C=C1. The molecule has 1 aliphatic carbocycles. The molecule has 0 bridgehead atoms. The normalized spacial score (nSPS) is 14.3. The summed E-state index contributed by atoms with van der Waals surface area (Å²) in [5.41, 5.74) is 10.6. The molecule has 0 spiro atoms. The van der Waals surface area contributed by atoms with Crippen LogP contribution in [0.2, 0.25) is 0 Å².